The highest BCUT2D eigenvalue weighted by Crippen LogP contribution is 2.34. The van der Waals surface area contributed by atoms with Crippen LogP contribution in [0.25, 0.3) is 16.6 Å². The fraction of sp³-hybridized carbons (Fsp3) is 0.333. The van der Waals surface area contributed by atoms with Crippen LogP contribution < -0.4 is 9.64 Å². The number of ether oxygens (including phenoxy) is 1. The van der Waals surface area contributed by atoms with Crippen molar-refractivity contribution in [3.63, 3.8) is 0 Å². The van der Waals surface area contributed by atoms with E-state index in [-0.39, 0.29) is 18.1 Å². The number of anilines is 1. The number of aromatic nitrogens is 5. The van der Waals surface area contributed by atoms with Crippen LogP contribution in [0, 0.1) is 0 Å². The van der Waals surface area contributed by atoms with E-state index in [1.807, 2.05) is 36.9 Å². The molecular weight excluding hydrogens is 368 g/mol. The summed E-state index contributed by atoms with van der Waals surface area (Å²) < 4.78 is 9.51. The normalized spacial score (nSPS) is 11.7. The molecule has 1 amide bonds. The molecule has 0 aliphatic heterocycles. The van der Waals surface area contributed by atoms with Crippen molar-refractivity contribution in [2.24, 2.45) is 0 Å². The van der Waals surface area contributed by atoms with E-state index >= 15 is 0 Å². The van der Waals surface area contributed by atoms with Crippen molar-refractivity contribution in [1.29, 1.82) is 0 Å². The third-order valence-electron chi connectivity index (χ3n) is 4.67. The summed E-state index contributed by atoms with van der Waals surface area (Å²) in [5.74, 6) is 0.407. The van der Waals surface area contributed by atoms with Crippen LogP contribution in [0.3, 0.4) is 0 Å². The smallest absolute Gasteiger partial charge is 0.263 e. The van der Waals surface area contributed by atoms with Gasteiger partial charge in [0.15, 0.2) is 5.65 Å². The van der Waals surface area contributed by atoms with Gasteiger partial charge in [0.05, 0.1) is 23.5 Å². The summed E-state index contributed by atoms with van der Waals surface area (Å²) in [5, 5.41) is 9.79. The molecule has 150 valence electrons. The van der Waals surface area contributed by atoms with Gasteiger partial charge in [-0.05, 0) is 39.8 Å². The molecule has 3 aromatic heterocycles. The number of fused-ring (bicyclic) bond motifs is 2. The quantitative estimate of drug-likeness (QED) is 0.517. The Hall–Kier alpha value is -3.42. The van der Waals surface area contributed by atoms with Crippen LogP contribution in [-0.4, -0.2) is 43.4 Å². The number of carbonyl (C=O) groups excluding carboxylic acids is 1. The van der Waals surface area contributed by atoms with E-state index < -0.39 is 0 Å². The lowest BCUT2D eigenvalue weighted by Gasteiger charge is -2.21. The first-order valence-corrected chi connectivity index (χ1v) is 9.61. The lowest BCUT2D eigenvalue weighted by atomic mass is 10.2. The maximum atomic E-state index is 13.3. The Kier molecular flexibility index (Phi) is 4.70. The van der Waals surface area contributed by atoms with Gasteiger partial charge in [-0.1, -0.05) is 0 Å². The Balaban J connectivity index is 1.80. The third-order valence-corrected chi connectivity index (χ3v) is 4.67. The van der Waals surface area contributed by atoms with Gasteiger partial charge in [0.1, 0.15) is 11.3 Å². The molecule has 0 bridgehead atoms. The molecule has 0 unspecified atom stereocenters. The molecule has 0 spiro atoms. The largest absolute Gasteiger partial charge is 0.489 e. The van der Waals surface area contributed by atoms with Crippen LogP contribution in [0.2, 0.25) is 0 Å². The maximum absolute atomic E-state index is 13.3. The highest BCUT2D eigenvalue weighted by atomic mass is 16.5. The van der Waals surface area contributed by atoms with Crippen molar-refractivity contribution >= 4 is 28.1 Å². The van der Waals surface area contributed by atoms with E-state index in [2.05, 4.69) is 29.0 Å². The Labute approximate surface area is 168 Å². The van der Waals surface area contributed by atoms with Crippen molar-refractivity contribution in [2.75, 3.05) is 11.9 Å². The molecular formula is C21H24N6O2. The molecule has 4 rings (SSSR count). The minimum Gasteiger partial charge on any atom is -0.489 e. The van der Waals surface area contributed by atoms with E-state index in [1.54, 1.807) is 41.1 Å². The van der Waals surface area contributed by atoms with Crippen molar-refractivity contribution in [1.82, 2.24) is 24.4 Å². The van der Waals surface area contributed by atoms with Crippen LogP contribution in [0.1, 0.15) is 44.1 Å². The zero-order valence-corrected chi connectivity index (χ0v) is 17.2. The zero-order valence-electron chi connectivity index (χ0n) is 17.2. The average molecular weight is 392 g/mol. The van der Waals surface area contributed by atoms with Gasteiger partial charge in [-0.3, -0.25) is 9.48 Å². The summed E-state index contributed by atoms with van der Waals surface area (Å²) >= 11 is 0. The van der Waals surface area contributed by atoms with E-state index in [0.717, 1.165) is 10.9 Å². The van der Waals surface area contributed by atoms with Gasteiger partial charge in [0.25, 0.3) is 5.91 Å². The van der Waals surface area contributed by atoms with Gasteiger partial charge < -0.3 is 9.64 Å². The fourth-order valence-corrected chi connectivity index (χ4v) is 3.20. The van der Waals surface area contributed by atoms with Crippen molar-refractivity contribution in [2.45, 2.75) is 39.8 Å². The molecule has 0 saturated heterocycles. The molecule has 0 aliphatic rings. The molecule has 0 radical (unpaired) electrons. The van der Waals surface area contributed by atoms with Crippen molar-refractivity contribution in [3.05, 3.63) is 48.5 Å². The molecule has 8 nitrogen and oxygen atoms in total. The van der Waals surface area contributed by atoms with E-state index in [0.29, 0.717) is 22.6 Å². The first-order valence-electron chi connectivity index (χ1n) is 9.61. The highest BCUT2D eigenvalue weighted by Gasteiger charge is 2.23. The van der Waals surface area contributed by atoms with Crippen molar-refractivity contribution < 1.29 is 9.53 Å². The molecule has 0 fully saturated rings. The van der Waals surface area contributed by atoms with E-state index in [9.17, 15) is 4.79 Å². The molecule has 0 atom stereocenters. The number of benzene rings is 1. The van der Waals surface area contributed by atoms with Crippen LogP contribution in [-0.2, 0) is 0 Å². The Bertz CT molecular complexity index is 1190. The maximum Gasteiger partial charge on any atom is 0.263 e. The number of carbonyl (C=O) groups is 1. The second-order valence-electron chi connectivity index (χ2n) is 7.56. The standard InChI is InChI=1S/C21H24N6O2/c1-13(2)27-12-15-9-18(19(29-14(3)4)10-17(15)24-27)25(5)21(28)16-11-23-26-8-6-7-22-20(16)26/h6-14H,1-5H3. The number of rotatable bonds is 5. The SMILES string of the molecule is CC(C)Oc1cc2nn(C(C)C)cc2cc1N(C)C(=O)c1cnn2cccnc12. The van der Waals surface area contributed by atoms with Crippen LogP contribution in [0.5, 0.6) is 5.75 Å². The predicted molar refractivity (Wildman–Crippen MR) is 112 cm³/mol. The number of amides is 1. The third kappa shape index (κ3) is 3.41. The topological polar surface area (TPSA) is 77.5 Å². The first kappa shape index (κ1) is 18.9. The first-order chi connectivity index (χ1) is 13.8. The molecule has 0 saturated carbocycles. The summed E-state index contributed by atoms with van der Waals surface area (Å²) in [6.45, 7) is 8.06. The predicted octanol–water partition coefficient (Wildman–Crippen LogP) is 3.72. The minimum atomic E-state index is -0.206. The summed E-state index contributed by atoms with van der Waals surface area (Å²) in [4.78, 5) is 19.1. The second kappa shape index (κ2) is 7.20. The minimum absolute atomic E-state index is 0.0412. The number of hydrogen-bond donors (Lipinski definition) is 0. The Morgan fingerprint density at radius 3 is 2.72 bits per heavy atom. The van der Waals surface area contributed by atoms with E-state index in [1.165, 1.54) is 0 Å². The Morgan fingerprint density at radius 2 is 2.00 bits per heavy atom. The van der Waals surface area contributed by atoms with E-state index in [4.69, 9.17) is 4.74 Å². The fourth-order valence-electron chi connectivity index (χ4n) is 3.20. The molecule has 0 N–H and O–H groups in total. The molecule has 4 aromatic rings. The monoisotopic (exact) mass is 392 g/mol. The lowest BCUT2D eigenvalue weighted by Crippen LogP contribution is -2.27. The van der Waals surface area contributed by atoms with Crippen LogP contribution in [0.4, 0.5) is 5.69 Å². The second-order valence-corrected chi connectivity index (χ2v) is 7.56. The molecule has 3 heterocycles. The number of nitrogens with zero attached hydrogens (tertiary/aromatic N) is 6. The van der Waals surface area contributed by atoms with Gasteiger partial charge in [-0.2, -0.15) is 10.2 Å². The molecule has 29 heavy (non-hydrogen) atoms. The summed E-state index contributed by atoms with van der Waals surface area (Å²) in [6, 6.07) is 5.84. The highest BCUT2D eigenvalue weighted by molar-refractivity contribution is 6.10. The molecule has 0 aliphatic carbocycles. The summed E-state index contributed by atoms with van der Waals surface area (Å²) in [6.07, 6.45) is 6.89. The average Bonchev–Trinajstić information content (AvgIpc) is 3.29. The molecule has 8 heteroatoms. The van der Waals surface area contributed by atoms with Crippen molar-refractivity contribution in [3.8, 4) is 5.75 Å². The van der Waals surface area contributed by atoms with Gasteiger partial charge in [-0.15, -0.1) is 0 Å². The van der Waals surface area contributed by atoms with Gasteiger partial charge in [0.2, 0.25) is 0 Å². The van der Waals surface area contributed by atoms with Gasteiger partial charge >= 0.3 is 0 Å². The van der Waals surface area contributed by atoms with Crippen LogP contribution >= 0.6 is 0 Å². The lowest BCUT2D eigenvalue weighted by molar-refractivity contribution is 0.0993. The molecule has 1 aromatic carbocycles. The summed E-state index contributed by atoms with van der Waals surface area (Å²) in [5.41, 5.74) is 2.46. The van der Waals surface area contributed by atoms with Gasteiger partial charge in [0, 0.05) is 43.1 Å². The number of hydrogen-bond acceptors (Lipinski definition) is 5. The van der Waals surface area contributed by atoms with Crippen LogP contribution in [0.15, 0.2) is 43.0 Å². The van der Waals surface area contributed by atoms with Gasteiger partial charge in [-0.25, -0.2) is 9.50 Å². The Morgan fingerprint density at radius 1 is 1.21 bits per heavy atom. The zero-order chi connectivity index (χ0) is 20.7. The summed E-state index contributed by atoms with van der Waals surface area (Å²) in [7, 11) is 1.73.